The zero-order valence-electron chi connectivity index (χ0n) is 13.5. The van der Waals surface area contributed by atoms with Crippen molar-refractivity contribution in [2.75, 3.05) is 0 Å². The zero-order valence-corrected chi connectivity index (χ0v) is 14.3. The van der Waals surface area contributed by atoms with Crippen molar-refractivity contribution in [2.24, 2.45) is 5.16 Å². The predicted molar refractivity (Wildman–Crippen MR) is 105 cm³/mol. The van der Waals surface area contributed by atoms with Gasteiger partial charge in [-0.3, -0.25) is 0 Å². The van der Waals surface area contributed by atoms with Crippen LogP contribution in [0.2, 0.25) is 0 Å². The Balaban J connectivity index is 1.68. The summed E-state index contributed by atoms with van der Waals surface area (Å²) in [5.41, 5.74) is 3.27. The van der Waals surface area contributed by atoms with Gasteiger partial charge in [-0.25, -0.2) is 0 Å². The lowest BCUT2D eigenvalue weighted by atomic mass is 10.1. The van der Waals surface area contributed by atoms with Crippen molar-refractivity contribution in [3.05, 3.63) is 83.9 Å². The molecule has 0 aliphatic carbocycles. The van der Waals surface area contributed by atoms with Gasteiger partial charge in [0.15, 0.2) is 0 Å². The van der Waals surface area contributed by atoms with Crippen LogP contribution in [0, 0.1) is 0 Å². The number of benzene rings is 2. The first-order valence-corrected chi connectivity index (χ1v) is 9.09. The average molecular weight is 335 g/mol. The molecule has 2 aromatic carbocycles. The summed E-state index contributed by atoms with van der Waals surface area (Å²) in [7, 11) is 0. The van der Waals surface area contributed by atoms with Crippen molar-refractivity contribution in [3.63, 3.8) is 0 Å². The minimum atomic E-state index is 0.329. The van der Waals surface area contributed by atoms with Crippen LogP contribution < -0.4 is 0 Å². The first-order valence-electron chi connectivity index (χ1n) is 8.15. The Morgan fingerprint density at radius 3 is 1.67 bits per heavy atom. The molecule has 2 nitrogen and oxygen atoms in total. The monoisotopic (exact) mass is 335 g/mol. The van der Waals surface area contributed by atoms with Gasteiger partial charge in [0, 0.05) is 23.3 Å². The Morgan fingerprint density at radius 1 is 0.792 bits per heavy atom. The maximum absolute atomic E-state index is 9.23. The van der Waals surface area contributed by atoms with Crippen LogP contribution in [0.1, 0.15) is 24.0 Å². The normalized spacial score (nSPS) is 23.2. The van der Waals surface area contributed by atoms with Crippen molar-refractivity contribution < 1.29 is 5.21 Å². The Bertz CT molecular complexity index is 663. The molecular weight excluding hydrogens is 314 g/mol. The first-order chi connectivity index (χ1) is 11.8. The Kier molecular flexibility index (Phi) is 5.91. The molecule has 0 spiro atoms. The van der Waals surface area contributed by atoms with E-state index >= 15 is 0 Å². The molecule has 0 bridgehead atoms. The first kappa shape index (κ1) is 16.6. The zero-order chi connectivity index (χ0) is 16.6. The van der Waals surface area contributed by atoms with Crippen molar-refractivity contribution in [1.29, 1.82) is 0 Å². The van der Waals surface area contributed by atoms with E-state index in [0.29, 0.717) is 10.5 Å². The molecule has 1 fully saturated rings. The van der Waals surface area contributed by atoms with Crippen LogP contribution in [0.15, 0.2) is 78.0 Å². The molecule has 122 valence electrons. The molecule has 1 heterocycles. The molecule has 1 N–H and O–H groups in total. The smallest absolute Gasteiger partial charge is 0.0599 e. The van der Waals surface area contributed by atoms with Gasteiger partial charge in [-0.15, -0.1) is 11.8 Å². The highest BCUT2D eigenvalue weighted by Gasteiger charge is 2.23. The highest BCUT2D eigenvalue weighted by atomic mass is 32.2. The molecule has 0 unspecified atom stereocenters. The van der Waals surface area contributed by atoms with E-state index in [9.17, 15) is 5.21 Å². The fraction of sp³-hybridized carbons (Fsp3) is 0.190. The molecule has 1 aliphatic heterocycles. The standard InChI is InChI=1S/C21H21NOS/c23-22-19-15-20(13-11-17-7-3-1-4-8-17)24-21(16-19)14-12-18-9-5-2-6-10-18/h1-14,20-21,23H,15-16H2/b13-11+,14-12+,22-19?/t20-,21+. The second-order valence-electron chi connectivity index (χ2n) is 5.83. The molecule has 2 aromatic rings. The summed E-state index contributed by atoms with van der Waals surface area (Å²) in [4.78, 5) is 0. The van der Waals surface area contributed by atoms with E-state index in [0.717, 1.165) is 18.6 Å². The van der Waals surface area contributed by atoms with E-state index in [1.54, 1.807) is 0 Å². The number of hydrogen-bond acceptors (Lipinski definition) is 3. The lowest BCUT2D eigenvalue weighted by Gasteiger charge is -2.25. The lowest BCUT2D eigenvalue weighted by molar-refractivity contribution is 0.316. The van der Waals surface area contributed by atoms with E-state index in [1.165, 1.54) is 11.1 Å². The molecule has 0 radical (unpaired) electrons. The van der Waals surface area contributed by atoms with Gasteiger partial charge in [-0.05, 0) is 11.1 Å². The SMILES string of the molecule is ON=C1C[C@@H](/C=C/c2ccccc2)S[C@@H](/C=C/c2ccccc2)C1. The summed E-state index contributed by atoms with van der Waals surface area (Å²) in [6.07, 6.45) is 10.3. The van der Waals surface area contributed by atoms with E-state index < -0.39 is 0 Å². The van der Waals surface area contributed by atoms with Crippen LogP contribution in [-0.4, -0.2) is 21.4 Å². The highest BCUT2D eigenvalue weighted by molar-refractivity contribution is 8.01. The molecule has 0 saturated carbocycles. The van der Waals surface area contributed by atoms with Crippen LogP contribution in [0.25, 0.3) is 12.2 Å². The van der Waals surface area contributed by atoms with Gasteiger partial charge < -0.3 is 5.21 Å². The molecule has 0 aromatic heterocycles. The number of hydrogen-bond donors (Lipinski definition) is 1. The third-order valence-electron chi connectivity index (χ3n) is 3.97. The molecule has 3 rings (SSSR count). The van der Waals surface area contributed by atoms with E-state index in [-0.39, 0.29) is 0 Å². The van der Waals surface area contributed by atoms with Crippen molar-refractivity contribution >= 4 is 29.6 Å². The molecule has 24 heavy (non-hydrogen) atoms. The molecular formula is C21H21NOS. The quantitative estimate of drug-likeness (QED) is 0.590. The summed E-state index contributed by atoms with van der Waals surface area (Å²) in [6.45, 7) is 0. The minimum absolute atomic E-state index is 0.329. The molecule has 2 atom stereocenters. The molecule has 0 amide bonds. The topological polar surface area (TPSA) is 32.6 Å². The van der Waals surface area contributed by atoms with Gasteiger partial charge in [0.25, 0.3) is 0 Å². The fourth-order valence-corrected chi connectivity index (χ4v) is 4.11. The van der Waals surface area contributed by atoms with Gasteiger partial charge in [0.2, 0.25) is 0 Å². The van der Waals surface area contributed by atoms with Gasteiger partial charge in [-0.1, -0.05) is 90.1 Å². The maximum atomic E-state index is 9.23. The van der Waals surface area contributed by atoms with Crippen molar-refractivity contribution in [2.45, 2.75) is 23.3 Å². The van der Waals surface area contributed by atoms with Crippen molar-refractivity contribution in [1.82, 2.24) is 0 Å². The number of rotatable bonds is 4. The largest absolute Gasteiger partial charge is 0.411 e. The number of nitrogens with zero attached hydrogens (tertiary/aromatic N) is 1. The number of oxime groups is 1. The Labute approximate surface area is 147 Å². The number of thioether (sulfide) groups is 1. The Hall–Kier alpha value is -2.26. The van der Waals surface area contributed by atoms with E-state index in [4.69, 9.17) is 0 Å². The molecule has 3 heteroatoms. The Morgan fingerprint density at radius 2 is 1.25 bits per heavy atom. The lowest BCUT2D eigenvalue weighted by Crippen LogP contribution is -2.22. The second-order valence-corrected chi connectivity index (χ2v) is 7.31. The summed E-state index contributed by atoms with van der Waals surface area (Å²) in [6, 6.07) is 20.6. The third-order valence-corrected chi connectivity index (χ3v) is 5.32. The van der Waals surface area contributed by atoms with Crippen LogP contribution >= 0.6 is 11.8 Å². The van der Waals surface area contributed by atoms with Crippen LogP contribution in [0.4, 0.5) is 0 Å². The second kappa shape index (κ2) is 8.55. The maximum Gasteiger partial charge on any atom is 0.0599 e. The van der Waals surface area contributed by atoms with Crippen LogP contribution in [0.5, 0.6) is 0 Å². The third kappa shape index (κ3) is 4.87. The van der Waals surface area contributed by atoms with E-state index in [2.05, 4.69) is 53.7 Å². The van der Waals surface area contributed by atoms with Gasteiger partial charge >= 0.3 is 0 Å². The van der Waals surface area contributed by atoms with Crippen LogP contribution in [0.3, 0.4) is 0 Å². The minimum Gasteiger partial charge on any atom is -0.411 e. The molecule has 1 aliphatic rings. The van der Waals surface area contributed by atoms with Gasteiger partial charge in [0.1, 0.15) is 0 Å². The van der Waals surface area contributed by atoms with Crippen LogP contribution in [-0.2, 0) is 0 Å². The fourth-order valence-electron chi connectivity index (χ4n) is 2.74. The summed E-state index contributed by atoms with van der Waals surface area (Å²) in [5.74, 6) is 0. The van der Waals surface area contributed by atoms with Gasteiger partial charge in [0.05, 0.1) is 5.71 Å². The van der Waals surface area contributed by atoms with Crippen molar-refractivity contribution in [3.8, 4) is 0 Å². The highest BCUT2D eigenvalue weighted by Crippen LogP contribution is 2.33. The molecule has 1 saturated heterocycles. The van der Waals surface area contributed by atoms with E-state index in [1.807, 2.05) is 48.2 Å². The van der Waals surface area contributed by atoms with Gasteiger partial charge in [-0.2, -0.15) is 0 Å². The predicted octanol–water partition coefficient (Wildman–Crippen LogP) is 5.51. The summed E-state index contributed by atoms with van der Waals surface area (Å²) >= 11 is 1.92. The average Bonchev–Trinajstić information content (AvgIpc) is 2.66. The summed E-state index contributed by atoms with van der Waals surface area (Å²) < 4.78 is 0. The summed E-state index contributed by atoms with van der Waals surface area (Å²) in [5, 5.41) is 13.4.